The molecule has 0 atom stereocenters. The van der Waals surface area contributed by atoms with Crippen LogP contribution in [-0.2, 0) is 6.42 Å². The number of hydrogen-bond donors (Lipinski definition) is 1. The van der Waals surface area contributed by atoms with Crippen LogP contribution in [-0.4, -0.2) is 9.78 Å². The number of nitrogens with zero attached hydrogens (tertiary/aromatic N) is 1. The van der Waals surface area contributed by atoms with Crippen molar-refractivity contribution in [2.24, 2.45) is 0 Å². The van der Waals surface area contributed by atoms with Crippen LogP contribution in [0.1, 0.15) is 25.3 Å². The van der Waals surface area contributed by atoms with Crippen LogP contribution < -0.4 is 5.56 Å². The zero-order chi connectivity index (χ0) is 15.4. The molecule has 112 valence electrons. The van der Waals surface area contributed by atoms with E-state index in [2.05, 4.69) is 24.2 Å². The molecule has 0 aliphatic heterocycles. The van der Waals surface area contributed by atoms with E-state index in [1.165, 1.54) is 0 Å². The first kappa shape index (κ1) is 14.4. The summed E-state index contributed by atoms with van der Waals surface area (Å²) in [5.74, 6) is 0. The van der Waals surface area contributed by atoms with Gasteiger partial charge < -0.3 is 0 Å². The minimum Gasteiger partial charge on any atom is -0.268 e. The van der Waals surface area contributed by atoms with Crippen molar-refractivity contribution < 1.29 is 0 Å². The van der Waals surface area contributed by atoms with Gasteiger partial charge in [-0.2, -0.15) is 0 Å². The maximum atomic E-state index is 12.4. The fourth-order valence-electron chi connectivity index (χ4n) is 2.72. The van der Waals surface area contributed by atoms with E-state index in [0.717, 1.165) is 41.8 Å². The lowest BCUT2D eigenvalue weighted by Crippen LogP contribution is -2.07. The van der Waals surface area contributed by atoms with Gasteiger partial charge in [0.25, 0.3) is 5.56 Å². The molecule has 0 aliphatic carbocycles. The molecule has 0 fully saturated rings. The molecule has 0 bridgehead atoms. The standard InChI is InChI=1S/C19H20N2O/c1-2-3-14-17-18(15-10-6-4-7-11-15)21(20-19(17)22)16-12-8-5-9-13-16/h4-13H,2-3,14H2,1H3,(H,20,22). The lowest BCUT2D eigenvalue weighted by atomic mass is 10.0. The average molecular weight is 292 g/mol. The molecule has 1 N–H and O–H groups in total. The van der Waals surface area contributed by atoms with Gasteiger partial charge in [0.2, 0.25) is 0 Å². The summed E-state index contributed by atoms with van der Waals surface area (Å²) in [5.41, 5.74) is 3.90. The number of aromatic amines is 1. The van der Waals surface area contributed by atoms with Gasteiger partial charge in [-0.1, -0.05) is 61.9 Å². The van der Waals surface area contributed by atoms with Gasteiger partial charge in [0, 0.05) is 11.1 Å². The van der Waals surface area contributed by atoms with Gasteiger partial charge in [-0.25, -0.2) is 0 Å². The Morgan fingerprint density at radius 2 is 1.59 bits per heavy atom. The van der Waals surface area contributed by atoms with E-state index in [-0.39, 0.29) is 5.56 Å². The Bertz CT molecular complexity index is 785. The Morgan fingerprint density at radius 3 is 2.23 bits per heavy atom. The molecule has 0 spiro atoms. The molecule has 1 heterocycles. The summed E-state index contributed by atoms with van der Waals surface area (Å²) in [6.45, 7) is 2.14. The number of unbranched alkanes of at least 4 members (excludes halogenated alkanes) is 1. The normalized spacial score (nSPS) is 10.8. The van der Waals surface area contributed by atoms with Crippen molar-refractivity contribution in [3.05, 3.63) is 76.6 Å². The monoisotopic (exact) mass is 292 g/mol. The predicted molar refractivity (Wildman–Crippen MR) is 90.4 cm³/mol. The van der Waals surface area contributed by atoms with Gasteiger partial charge in [-0.05, 0) is 25.0 Å². The van der Waals surface area contributed by atoms with Gasteiger partial charge in [0.1, 0.15) is 0 Å². The van der Waals surface area contributed by atoms with Crippen molar-refractivity contribution in [2.45, 2.75) is 26.2 Å². The fourth-order valence-corrected chi connectivity index (χ4v) is 2.72. The summed E-state index contributed by atoms with van der Waals surface area (Å²) in [5, 5.41) is 3.00. The fraction of sp³-hybridized carbons (Fsp3) is 0.211. The maximum Gasteiger partial charge on any atom is 0.268 e. The lowest BCUT2D eigenvalue weighted by molar-refractivity contribution is 0.792. The molecule has 0 saturated carbocycles. The van der Waals surface area contributed by atoms with Crippen LogP contribution in [0.3, 0.4) is 0 Å². The third-order valence-electron chi connectivity index (χ3n) is 3.84. The molecule has 3 aromatic rings. The third kappa shape index (κ3) is 2.75. The summed E-state index contributed by atoms with van der Waals surface area (Å²) in [7, 11) is 0. The highest BCUT2D eigenvalue weighted by atomic mass is 16.1. The molecule has 3 rings (SSSR count). The Balaban J connectivity index is 2.20. The third-order valence-corrected chi connectivity index (χ3v) is 3.84. The molecule has 1 aromatic heterocycles. The number of nitrogens with one attached hydrogen (secondary N) is 1. The van der Waals surface area contributed by atoms with Crippen LogP contribution in [0.25, 0.3) is 16.9 Å². The number of H-pyrrole nitrogens is 1. The van der Waals surface area contributed by atoms with Crippen LogP contribution in [0, 0.1) is 0 Å². The van der Waals surface area contributed by atoms with Gasteiger partial charge in [-0.15, -0.1) is 0 Å². The van der Waals surface area contributed by atoms with E-state index in [1.807, 2.05) is 53.2 Å². The molecular weight excluding hydrogens is 272 g/mol. The average Bonchev–Trinajstić information content (AvgIpc) is 2.91. The van der Waals surface area contributed by atoms with Crippen LogP contribution >= 0.6 is 0 Å². The van der Waals surface area contributed by atoms with E-state index in [4.69, 9.17) is 0 Å². The molecule has 3 heteroatoms. The number of benzene rings is 2. The van der Waals surface area contributed by atoms with E-state index in [1.54, 1.807) is 0 Å². The summed E-state index contributed by atoms with van der Waals surface area (Å²) < 4.78 is 1.91. The van der Waals surface area contributed by atoms with Crippen LogP contribution in [0.2, 0.25) is 0 Å². The minimum absolute atomic E-state index is 0.0103. The molecule has 3 nitrogen and oxygen atoms in total. The Kier molecular flexibility index (Phi) is 4.24. The quantitative estimate of drug-likeness (QED) is 0.753. The molecule has 0 aliphatic rings. The Morgan fingerprint density at radius 1 is 0.955 bits per heavy atom. The summed E-state index contributed by atoms with van der Waals surface area (Å²) in [4.78, 5) is 12.4. The largest absolute Gasteiger partial charge is 0.268 e. The van der Waals surface area contributed by atoms with E-state index >= 15 is 0 Å². The molecule has 2 aromatic carbocycles. The van der Waals surface area contributed by atoms with Gasteiger partial charge >= 0.3 is 0 Å². The highest BCUT2D eigenvalue weighted by Crippen LogP contribution is 2.25. The van der Waals surface area contributed by atoms with E-state index in [0.29, 0.717) is 0 Å². The van der Waals surface area contributed by atoms with E-state index in [9.17, 15) is 4.79 Å². The van der Waals surface area contributed by atoms with Crippen molar-refractivity contribution in [3.63, 3.8) is 0 Å². The zero-order valence-electron chi connectivity index (χ0n) is 12.8. The van der Waals surface area contributed by atoms with Gasteiger partial charge in [-0.3, -0.25) is 14.6 Å². The van der Waals surface area contributed by atoms with Crippen molar-refractivity contribution >= 4 is 0 Å². The van der Waals surface area contributed by atoms with Crippen LogP contribution in [0.4, 0.5) is 0 Å². The summed E-state index contributed by atoms with van der Waals surface area (Å²) in [6.07, 6.45) is 2.89. The number of hydrogen-bond acceptors (Lipinski definition) is 1. The SMILES string of the molecule is CCCCc1c(-c2ccccc2)n(-c2ccccc2)[nH]c1=O. The zero-order valence-corrected chi connectivity index (χ0v) is 12.8. The highest BCUT2D eigenvalue weighted by Gasteiger charge is 2.16. The van der Waals surface area contributed by atoms with Crippen molar-refractivity contribution in [1.29, 1.82) is 0 Å². The number of para-hydroxylation sites is 1. The molecule has 0 saturated heterocycles. The van der Waals surface area contributed by atoms with E-state index < -0.39 is 0 Å². The molecule has 0 unspecified atom stereocenters. The second kappa shape index (κ2) is 6.48. The summed E-state index contributed by atoms with van der Waals surface area (Å²) >= 11 is 0. The first-order chi connectivity index (χ1) is 10.8. The van der Waals surface area contributed by atoms with Gasteiger partial charge in [0.15, 0.2) is 0 Å². The Hall–Kier alpha value is -2.55. The van der Waals surface area contributed by atoms with Crippen molar-refractivity contribution in [2.75, 3.05) is 0 Å². The van der Waals surface area contributed by atoms with Crippen molar-refractivity contribution in [3.8, 4) is 16.9 Å². The van der Waals surface area contributed by atoms with Crippen LogP contribution in [0.15, 0.2) is 65.5 Å². The Labute approximate surface area is 130 Å². The van der Waals surface area contributed by atoms with Gasteiger partial charge in [0.05, 0.1) is 11.4 Å². The number of rotatable bonds is 5. The van der Waals surface area contributed by atoms with Crippen molar-refractivity contribution in [1.82, 2.24) is 9.78 Å². The first-order valence-electron chi connectivity index (χ1n) is 7.76. The second-order valence-electron chi connectivity index (χ2n) is 5.41. The first-order valence-corrected chi connectivity index (χ1v) is 7.76. The molecule has 0 amide bonds. The highest BCUT2D eigenvalue weighted by molar-refractivity contribution is 5.65. The molecular formula is C19H20N2O. The lowest BCUT2D eigenvalue weighted by Gasteiger charge is -2.10. The maximum absolute atomic E-state index is 12.4. The predicted octanol–water partition coefficient (Wildman–Crippen LogP) is 4.18. The summed E-state index contributed by atoms with van der Waals surface area (Å²) in [6, 6.07) is 20.1. The molecule has 0 radical (unpaired) electrons. The molecule has 22 heavy (non-hydrogen) atoms. The van der Waals surface area contributed by atoms with Crippen LogP contribution in [0.5, 0.6) is 0 Å². The minimum atomic E-state index is 0.0103. The number of aromatic nitrogens is 2. The second-order valence-corrected chi connectivity index (χ2v) is 5.41. The topological polar surface area (TPSA) is 37.8 Å². The smallest absolute Gasteiger partial charge is 0.268 e.